The molecule has 6 nitrogen and oxygen atoms in total. The first-order valence-electron chi connectivity index (χ1n) is 7.26. The molecule has 21 heavy (non-hydrogen) atoms. The smallest absolute Gasteiger partial charge is 0.326 e. The molecule has 1 amide bonds. The second-order valence-corrected chi connectivity index (χ2v) is 6.50. The number of rotatable bonds is 3. The van der Waals surface area contributed by atoms with Crippen LogP contribution in [0.15, 0.2) is 6.07 Å². The van der Waals surface area contributed by atoms with Crippen LogP contribution in [-0.2, 0) is 16.1 Å². The van der Waals surface area contributed by atoms with Crippen LogP contribution >= 0.6 is 0 Å². The van der Waals surface area contributed by atoms with Crippen LogP contribution in [0.1, 0.15) is 38.1 Å². The Balaban J connectivity index is 2.20. The fraction of sp³-hybridized carbons (Fsp3) is 0.667. The van der Waals surface area contributed by atoms with E-state index in [1.807, 2.05) is 33.8 Å². The van der Waals surface area contributed by atoms with Crippen molar-refractivity contribution in [2.45, 2.75) is 53.1 Å². The molecule has 1 unspecified atom stereocenters. The molecule has 1 N–H and O–H groups in total. The number of amides is 1. The first kappa shape index (κ1) is 15.5. The maximum absolute atomic E-state index is 12.5. The van der Waals surface area contributed by atoms with Gasteiger partial charge in [0.15, 0.2) is 0 Å². The SMILES string of the molecule is Cc1cc(C)n(CC(=O)N2CCCC(C)(C)C2C(=O)O)n1. The van der Waals surface area contributed by atoms with Crippen LogP contribution in [0.5, 0.6) is 0 Å². The van der Waals surface area contributed by atoms with E-state index in [1.165, 1.54) is 4.90 Å². The molecule has 116 valence electrons. The first-order chi connectivity index (χ1) is 9.72. The Morgan fingerprint density at radius 1 is 1.43 bits per heavy atom. The molecule has 1 saturated heterocycles. The Bertz CT molecular complexity index is 563. The van der Waals surface area contributed by atoms with E-state index in [1.54, 1.807) is 4.68 Å². The van der Waals surface area contributed by atoms with Crippen LogP contribution in [0.3, 0.4) is 0 Å². The van der Waals surface area contributed by atoms with Crippen LogP contribution in [0.4, 0.5) is 0 Å². The van der Waals surface area contributed by atoms with Gasteiger partial charge < -0.3 is 10.0 Å². The van der Waals surface area contributed by atoms with Gasteiger partial charge in [-0.05, 0) is 38.2 Å². The van der Waals surface area contributed by atoms with Crippen molar-refractivity contribution in [3.63, 3.8) is 0 Å². The molecule has 0 bridgehead atoms. The average Bonchev–Trinajstić information content (AvgIpc) is 2.65. The standard InChI is InChI=1S/C15H23N3O3/c1-10-8-11(2)18(16-10)9-12(19)17-7-5-6-15(3,4)13(17)14(20)21/h8,13H,5-7,9H2,1-4H3,(H,20,21). The van der Waals surface area contributed by atoms with E-state index in [0.29, 0.717) is 6.54 Å². The highest BCUT2D eigenvalue weighted by atomic mass is 16.4. The second kappa shape index (κ2) is 5.50. The molecule has 2 rings (SSSR count). The zero-order valence-corrected chi connectivity index (χ0v) is 13.1. The average molecular weight is 293 g/mol. The van der Waals surface area contributed by atoms with Gasteiger partial charge in [0, 0.05) is 12.2 Å². The molecule has 6 heteroatoms. The molecular weight excluding hydrogens is 270 g/mol. The van der Waals surface area contributed by atoms with E-state index in [2.05, 4.69) is 5.10 Å². The van der Waals surface area contributed by atoms with Crippen molar-refractivity contribution in [1.82, 2.24) is 14.7 Å². The van der Waals surface area contributed by atoms with Crippen molar-refractivity contribution >= 4 is 11.9 Å². The van der Waals surface area contributed by atoms with Crippen molar-refractivity contribution in [2.24, 2.45) is 5.41 Å². The Labute approximate surface area is 124 Å². The minimum atomic E-state index is -0.929. The summed E-state index contributed by atoms with van der Waals surface area (Å²) in [7, 11) is 0. The lowest BCUT2D eigenvalue weighted by molar-refractivity contribution is -0.159. The summed E-state index contributed by atoms with van der Waals surface area (Å²) in [5, 5.41) is 13.8. The maximum atomic E-state index is 12.5. The fourth-order valence-electron chi connectivity index (χ4n) is 3.18. The third kappa shape index (κ3) is 3.09. The quantitative estimate of drug-likeness (QED) is 0.918. The van der Waals surface area contributed by atoms with E-state index >= 15 is 0 Å². The maximum Gasteiger partial charge on any atom is 0.326 e. The third-order valence-electron chi connectivity index (χ3n) is 4.21. The summed E-state index contributed by atoms with van der Waals surface area (Å²) in [5.41, 5.74) is 1.35. The molecule has 1 aromatic rings. The van der Waals surface area contributed by atoms with E-state index in [4.69, 9.17) is 0 Å². The van der Waals surface area contributed by atoms with Crippen molar-refractivity contribution in [3.8, 4) is 0 Å². The van der Waals surface area contributed by atoms with Crippen LogP contribution in [0, 0.1) is 19.3 Å². The Morgan fingerprint density at radius 3 is 2.62 bits per heavy atom. The molecule has 1 fully saturated rings. The summed E-state index contributed by atoms with van der Waals surface area (Å²) < 4.78 is 1.64. The topological polar surface area (TPSA) is 75.4 Å². The zero-order valence-electron chi connectivity index (χ0n) is 13.1. The predicted molar refractivity (Wildman–Crippen MR) is 77.9 cm³/mol. The zero-order chi connectivity index (χ0) is 15.8. The van der Waals surface area contributed by atoms with E-state index in [0.717, 1.165) is 24.2 Å². The Hall–Kier alpha value is -1.85. The first-order valence-corrected chi connectivity index (χ1v) is 7.26. The number of hydrogen-bond acceptors (Lipinski definition) is 3. The summed E-state index contributed by atoms with van der Waals surface area (Å²) in [4.78, 5) is 25.6. The molecule has 1 aliphatic heterocycles. The van der Waals surface area contributed by atoms with Gasteiger partial charge in [-0.2, -0.15) is 5.10 Å². The summed E-state index contributed by atoms with van der Waals surface area (Å²) in [6.07, 6.45) is 1.65. The van der Waals surface area contributed by atoms with Crippen molar-refractivity contribution in [2.75, 3.05) is 6.54 Å². The molecular formula is C15H23N3O3. The van der Waals surface area contributed by atoms with Crippen LogP contribution in [0.25, 0.3) is 0 Å². The largest absolute Gasteiger partial charge is 0.480 e. The Kier molecular flexibility index (Phi) is 4.07. The number of hydrogen-bond donors (Lipinski definition) is 1. The normalized spacial score (nSPS) is 21.3. The number of aryl methyl sites for hydroxylation is 2. The molecule has 1 aliphatic rings. The number of carbonyl (C=O) groups is 2. The monoisotopic (exact) mass is 293 g/mol. The van der Waals surface area contributed by atoms with E-state index in [-0.39, 0.29) is 12.5 Å². The van der Waals surface area contributed by atoms with Crippen LogP contribution in [-0.4, -0.2) is 44.3 Å². The van der Waals surface area contributed by atoms with Crippen molar-refractivity contribution < 1.29 is 14.7 Å². The van der Waals surface area contributed by atoms with Crippen molar-refractivity contribution in [3.05, 3.63) is 17.5 Å². The number of aliphatic carboxylic acids is 1. The van der Waals surface area contributed by atoms with Gasteiger partial charge in [-0.1, -0.05) is 13.8 Å². The minimum absolute atomic E-state index is 0.0968. The molecule has 0 radical (unpaired) electrons. The van der Waals surface area contributed by atoms with Gasteiger partial charge in [0.25, 0.3) is 0 Å². The van der Waals surface area contributed by atoms with Gasteiger partial charge >= 0.3 is 5.97 Å². The summed E-state index contributed by atoms with van der Waals surface area (Å²) >= 11 is 0. The van der Waals surface area contributed by atoms with Gasteiger partial charge in [-0.25, -0.2) is 4.79 Å². The highest BCUT2D eigenvalue weighted by molar-refractivity contribution is 5.84. The molecule has 1 aromatic heterocycles. The van der Waals surface area contributed by atoms with Crippen LogP contribution < -0.4 is 0 Å². The summed E-state index contributed by atoms with van der Waals surface area (Å²) in [5.74, 6) is -1.11. The second-order valence-electron chi connectivity index (χ2n) is 6.50. The van der Waals surface area contributed by atoms with E-state index < -0.39 is 17.4 Å². The van der Waals surface area contributed by atoms with Gasteiger partial charge in [0.05, 0.1) is 5.69 Å². The fourth-order valence-corrected chi connectivity index (χ4v) is 3.18. The molecule has 1 atom stereocenters. The number of piperidine rings is 1. The third-order valence-corrected chi connectivity index (χ3v) is 4.21. The number of carboxylic acid groups (broad SMARTS) is 1. The lowest BCUT2D eigenvalue weighted by Crippen LogP contribution is -2.57. The minimum Gasteiger partial charge on any atom is -0.480 e. The number of carboxylic acids is 1. The van der Waals surface area contributed by atoms with Gasteiger partial charge in [0.1, 0.15) is 12.6 Å². The van der Waals surface area contributed by atoms with Gasteiger partial charge in [-0.3, -0.25) is 9.48 Å². The highest BCUT2D eigenvalue weighted by Crippen LogP contribution is 2.35. The van der Waals surface area contributed by atoms with Gasteiger partial charge in [0.2, 0.25) is 5.91 Å². The molecule has 0 aliphatic carbocycles. The Morgan fingerprint density at radius 2 is 2.10 bits per heavy atom. The highest BCUT2D eigenvalue weighted by Gasteiger charge is 2.44. The summed E-state index contributed by atoms with van der Waals surface area (Å²) in [6, 6.07) is 1.14. The van der Waals surface area contributed by atoms with Crippen molar-refractivity contribution in [1.29, 1.82) is 0 Å². The van der Waals surface area contributed by atoms with Crippen LogP contribution in [0.2, 0.25) is 0 Å². The van der Waals surface area contributed by atoms with E-state index in [9.17, 15) is 14.7 Å². The molecule has 0 spiro atoms. The summed E-state index contributed by atoms with van der Waals surface area (Å²) in [6.45, 7) is 8.18. The number of nitrogens with zero attached hydrogens (tertiary/aromatic N) is 3. The number of likely N-dealkylation sites (tertiary alicyclic amines) is 1. The number of aromatic nitrogens is 2. The molecule has 2 heterocycles. The predicted octanol–water partition coefficient (Wildman–Crippen LogP) is 1.60. The van der Waals surface area contributed by atoms with Gasteiger partial charge in [-0.15, -0.1) is 0 Å². The lowest BCUT2D eigenvalue weighted by atomic mass is 9.76. The number of carbonyl (C=O) groups excluding carboxylic acids is 1. The molecule has 0 aromatic carbocycles. The molecule has 0 saturated carbocycles. The lowest BCUT2D eigenvalue weighted by Gasteiger charge is -2.44.